The van der Waals surface area contributed by atoms with E-state index in [4.69, 9.17) is 13.9 Å². The molecule has 0 aliphatic heterocycles. The van der Waals surface area contributed by atoms with Crippen LogP contribution in [0.25, 0.3) is 22.1 Å². The molecule has 0 spiro atoms. The normalized spacial score (nSPS) is 11.4. The van der Waals surface area contributed by atoms with Crippen molar-refractivity contribution in [3.63, 3.8) is 0 Å². The van der Waals surface area contributed by atoms with Gasteiger partial charge in [-0.3, -0.25) is 4.79 Å². The molecule has 0 atom stereocenters. The fourth-order valence-corrected chi connectivity index (χ4v) is 3.39. The summed E-state index contributed by atoms with van der Waals surface area (Å²) in [5, 5.41) is -0.0795. The fourth-order valence-electron chi connectivity index (χ4n) is 3.39. The lowest BCUT2D eigenvalue weighted by Crippen LogP contribution is -2.16. The molecule has 0 saturated heterocycles. The lowest BCUT2D eigenvalue weighted by atomic mass is 10.0. The Balaban J connectivity index is 1.81. The number of alkyl halides is 3. The molecule has 0 aliphatic carbocycles. The van der Waals surface area contributed by atoms with Crippen LogP contribution in [0.15, 0.2) is 75.9 Å². The molecular weight excluding hydrogens is 437 g/mol. The minimum Gasteiger partial charge on any atom is -0.497 e. The smallest absolute Gasteiger partial charge is 0.450 e. The van der Waals surface area contributed by atoms with Crippen LogP contribution in [0.2, 0.25) is 0 Å². The van der Waals surface area contributed by atoms with Gasteiger partial charge in [0, 0.05) is 6.07 Å². The largest absolute Gasteiger partial charge is 0.497 e. The van der Waals surface area contributed by atoms with Crippen LogP contribution in [0, 0.1) is 6.92 Å². The van der Waals surface area contributed by atoms with Crippen molar-refractivity contribution >= 4 is 16.9 Å². The molecule has 0 saturated carbocycles. The van der Waals surface area contributed by atoms with Gasteiger partial charge in [0.1, 0.15) is 17.1 Å². The van der Waals surface area contributed by atoms with Crippen LogP contribution in [0.1, 0.15) is 21.7 Å². The van der Waals surface area contributed by atoms with Gasteiger partial charge in [-0.1, -0.05) is 29.8 Å². The topological polar surface area (TPSA) is 65.7 Å². The van der Waals surface area contributed by atoms with Crippen molar-refractivity contribution < 1.29 is 31.9 Å². The van der Waals surface area contributed by atoms with Crippen LogP contribution in [-0.2, 0) is 6.18 Å². The third-order valence-corrected chi connectivity index (χ3v) is 4.96. The minimum atomic E-state index is -4.93. The van der Waals surface area contributed by atoms with E-state index in [2.05, 4.69) is 0 Å². The van der Waals surface area contributed by atoms with Gasteiger partial charge >= 0.3 is 12.1 Å². The van der Waals surface area contributed by atoms with E-state index in [1.54, 1.807) is 31.2 Å². The molecule has 3 aromatic carbocycles. The van der Waals surface area contributed by atoms with Crippen molar-refractivity contribution in [3.8, 4) is 22.6 Å². The van der Waals surface area contributed by atoms with Crippen molar-refractivity contribution in [2.75, 3.05) is 7.11 Å². The quantitative estimate of drug-likeness (QED) is 0.279. The van der Waals surface area contributed by atoms with Crippen LogP contribution in [-0.4, -0.2) is 13.1 Å². The average Bonchev–Trinajstić information content (AvgIpc) is 2.78. The van der Waals surface area contributed by atoms with Crippen LogP contribution >= 0.6 is 0 Å². The van der Waals surface area contributed by atoms with E-state index in [0.717, 1.165) is 11.6 Å². The summed E-state index contributed by atoms with van der Waals surface area (Å²) in [4.78, 5) is 25.4. The standard InChI is InChI=1S/C25H17F3O5/c1-14-4-3-5-16(12-14)24(30)32-18-10-11-19-20(13-18)33-23(25(26,27)28)21(22(19)29)15-6-8-17(31-2)9-7-15/h3-13H,1-2H3. The Morgan fingerprint density at radius 3 is 2.27 bits per heavy atom. The highest BCUT2D eigenvalue weighted by molar-refractivity contribution is 5.92. The van der Waals surface area contributed by atoms with E-state index in [9.17, 15) is 22.8 Å². The molecule has 8 heteroatoms. The van der Waals surface area contributed by atoms with Crippen LogP contribution in [0.3, 0.4) is 0 Å². The zero-order valence-corrected chi connectivity index (χ0v) is 17.5. The molecule has 0 aliphatic rings. The van der Waals surface area contributed by atoms with Gasteiger partial charge in [-0.05, 0) is 48.9 Å². The van der Waals surface area contributed by atoms with Crippen molar-refractivity contribution in [1.29, 1.82) is 0 Å². The first-order valence-electron chi connectivity index (χ1n) is 9.78. The molecular formula is C25H17F3O5. The van der Waals surface area contributed by atoms with Gasteiger partial charge in [-0.2, -0.15) is 13.2 Å². The Kier molecular flexibility index (Phi) is 5.68. The molecule has 4 aromatic rings. The Hall–Kier alpha value is -4.07. The molecule has 1 heterocycles. The first kappa shape index (κ1) is 22.1. The maximum atomic E-state index is 13.8. The van der Waals surface area contributed by atoms with Gasteiger partial charge in [-0.15, -0.1) is 0 Å². The number of benzene rings is 3. The minimum absolute atomic E-state index is 0.0359. The summed E-state index contributed by atoms with van der Waals surface area (Å²) in [5.74, 6) is -1.75. The highest BCUT2D eigenvalue weighted by atomic mass is 19.4. The van der Waals surface area contributed by atoms with Crippen LogP contribution in [0.5, 0.6) is 11.5 Å². The van der Waals surface area contributed by atoms with E-state index < -0.39 is 28.9 Å². The Labute approximate surface area is 186 Å². The highest BCUT2D eigenvalue weighted by Crippen LogP contribution is 2.38. The molecule has 33 heavy (non-hydrogen) atoms. The Morgan fingerprint density at radius 2 is 1.64 bits per heavy atom. The number of halogens is 3. The third kappa shape index (κ3) is 4.45. The third-order valence-electron chi connectivity index (χ3n) is 4.96. The second-order valence-electron chi connectivity index (χ2n) is 7.28. The van der Waals surface area contributed by atoms with E-state index in [-0.39, 0.29) is 27.8 Å². The first-order chi connectivity index (χ1) is 15.7. The predicted molar refractivity (Wildman–Crippen MR) is 116 cm³/mol. The molecule has 4 rings (SSSR count). The molecule has 0 fully saturated rings. The molecule has 0 amide bonds. The zero-order chi connectivity index (χ0) is 23.8. The Morgan fingerprint density at radius 1 is 0.939 bits per heavy atom. The molecule has 1 aromatic heterocycles. The molecule has 0 unspecified atom stereocenters. The van der Waals surface area contributed by atoms with Crippen LogP contribution < -0.4 is 14.9 Å². The number of hydrogen-bond acceptors (Lipinski definition) is 5. The number of fused-ring (bicyclic) bond motifs is 1. The van der Waals surface area contributed by atoms with Crippen molar-refractivity contribution in [2.45, 2.75) is 13.1 Å². The van der Waals surface area contributed by atoms with E-state index in [0.29, 0.717) is 5.75 Å². The molecule has 0 radical (unpaired) electrons. The van der Waals surface area contributed by atoms with Gasteiger partial charge in [0.25, 0.3) is 0 Å². The summed E-state index contributed by atoms with van der Waals surface area (Å²) >= 11 is 0. The zero-order valence-electron chi connectivity index (χ0n) is 17.5. The van der Waals surface area contributed by atoms with Gasteiger partial charge in [0.15, 0.2) is 0 Å². The maximum Gasteiger partial charge on any atom is 0.450 e. The summed E-state index contributed by atoms with van der Waals surface area (Å²) in [5.41, 5.74) is -0.655. The average molecular weight is 454 g/mol. The van der Waals surface area contributed by atoms with Crippen molar-refractivity contribution in [3.05, 3.63) is 93.8 Å². The summed E-state index contributed by atoms with van der Waals surface area (Å²) in [6, 6.07) is 16.0. The number of carbonyl (C=O) groups excluding carboxylic acids is 1. The van der Waals surface area contributed by atoms with Gasteiger partial charge < -0.3 is 13.9 Å². The maximum absolute atomic E-state index is 13.8. The monoisotopic (exact) mass is 454 g/mol. The van der Waals surface area contributed by atoms with E-state index >= 15 is 0 Å². The van der Waals surface area contributed by atoms with E-state index in [1.807, 2.05) is 0 Å². The lowest BCUT2D eigenvalue weighted by Gasteiger charge is -2.13. The fraction of sp³-hybridized carbons (Fsp3) is 0.120. The number of hydrogen-bond donors (Lipinski definition) is 0. The second-order valence-corrected chi connectivity index (χ2v) is 7.28. The van der Waals surface area contributed by atoms with Gasteiger partial charge in [-0.25, -0.2) is 4.79 Å². The molecule has 0 N–H and O–H groups in total. The molecule has 5 nitrogen and oxygen atoms in total. The van der Waals surface area contributed by atoms with Gasteiger partial charge in [0.2, 0.25) is 11.2 Å². The van der Waals surface area contributed by atoms with Crippen LogP contribution in [0.4, 0.5) is 13.2 Å². The first-order valence-corrected chi connectivity index (χ1v) is 9.78. The van der Waals surface area contributed by atoms with Gasteiger partial charge in [0.05, 0.1) is 23.6 Å². The molecule has 0 bridgehead atoms. The number of rotatable bonds is 4. The summed E-state index contributed by atoms with van der Waals surface area (Å²) in [7, 11) is 1.42. The van der Waals surface area contributed by atoms with Crippen molar-refractivity contribution in [2.24, 2.45) is 0 Å². The summed E-state index contributed by atoms with van der Waals surface area (Å²) in [6.07, 6.45) is -4.93. The number of aryl methyl sites for hydroxylation is 1. The summed E-state index contributed by atoms with van der Waals surface area (Å²) < 4.78 is 56.9. The highest BCUT2D eigenvalue weighted by Gasteiger charge is 2.39. The number of methoxy groups -OCH3 is 1. The lowest BCUT2D eigenvalue weighted by molar-refractivity contribution is -0.152. The Bertz CT molecular complexity index is 1400. The number of ether oxygens (including phenoxy) is 2. The predicted octanol–water partition coefficient (Wildman–Crippen LogP) is 6.02. The van der Waals surface area contributed by atoms with E-state index in [1.165, 1.54) is 43.5 Å². The SMILES string of the molecule is COc1ccc(-c2c(C(F)(F)F)oc3cc(OC(=O)c4cccc(C)c4)ccc3c2=O)cc1. The number of carbonyl (C=O) groups is 1. The molecule has 168 valence electrons. The van der Waals surface area contributed by atoms with Crippen molar-refractivity contribution in [1.82, 2.24) is 0 Å². The second kappa shape index (κ2) is 8.46. The number of esters is 1. The summed E-state index contributed by atoms with van der Waals surface area (Å²) in [6.45, 7) is 1.81.